The fourth-order valence-corrected chi connectivity index (χ4v) is 3.50. The second kappa shape index (κ2) is 11.2. The number of carbonyl (C=O) groups is 3. The molecule has 3 aromatic rings. The number of aliphatic hydroxyl groups is 1. The molecule has 0 spiro atoms. The number of hydrogen-bond donors (Lipinski definition) is 6. The molecule has 0 unspecified atom stereocenters. The summed E-state index contributed by atoms with van der Waals surface area (Å²) in [4.78, 5) is 42.0. The first-order chi connectivity index (χ1) is 17.1. The molecule has 2 amide bonds. The lowest BCUT2D eigenvalue weighted by Gasteiger charge is -2.20. The number of amidine groups is 1. The van der Waals surface area contributed by atoms with Gasteiger partial charge in [0.05, 0.1) is 18.2 Å². The van der Waals surface area contributed by atoms with Crippen LogP contribution >= 0.6 is 0 Å². The van der Waals surface area contributed by atoms with Crippen LogP contribution in [0.5, 0.6) is 0 Å². The highest BCUT2D eigenvalue weighted by molar-refractivity contribution is 6.09. The highest BCUT2D eigenvalue weighted by Crippen LogP contribution is 2.28. The van der Waals surface area contributed by atoms with E-state index in [4.69, 9.17) is 11.1 Å². The number of aliphatic hydroxyl groups excluding tert-OH is 1. The zero-order chi connectivity index (χ0) is 26.4. The summed E-state index contributed by atoms with van der Waals surface area (Å²) in [5.41, 5.74) is 6.80. The number of carboxylic acid groups (broad SMARTS) is 1. The van der Waals surface area contributed by atoms with Crippen molar-refractivity contribution in [2.75, 3.05) is 11.9 Å². The molecule has 186 valence electrons. The summed E-state index contributed by atoms with van der Waals surface area (Å²) in [5.74, 6) is -2.49. The van der Waals surface area contributed by atoms with Gasteiger partial charge in [-0.1, -0.05) is 26.0 Å². The van der Waals surface area contributed by atoms with Gasteiger partial charge in [0.25, 0.3) is 11.8 Å². The Kier molecular flexibility index (Phi) is 8.13. The van der Waals surface area contributed by atoms with Gasteiger partial charge in [-0.15, -0.1) is 0 Å². The van der Waals surface area contributed by atoms with Crippen LogP contribution in [0.1, 0.15) is 50.6 Å². The van der Waals surface area contributed by atoms with Crippen molar-refractivity contribution in [3.63, 3.8) is 0 Å². The van der Waals surface area contributed by atoms with Crippen molar-refractivity contribution in [3.05, 3.63) is 83.2 Å². The van der Waals surface area contributed by atoms with Gasteiger partial charge < -0.3 is 26.6 Å². The van der Waals surface area contributed by atoms with Gasteiger partial charge >= 0.3 is 5.97 Å². The fourth-order valence-electron chi connectivity index (χ4n) is 3.50. The zero-order valence-electron chi connectivity index (χ0n) is 19.8. The van der Waals surface area contributed by atoms with Crippen molar-refractivity contribution in [3.8, 4) is 11.1 Å². The Morgan fingerprint density at radius 2 is 1.67 bits per heavy atom. The van der Waals surface area contributed by atoms with E-state index in [0.29, 0.717) is 11.3 Å². The molecule has 0 aliphatic heterocycles. The van der Waals surface area contributed by atoms with Crippen LogP contribution < -0.4 is 16.4 Å². The topological polar surface area (TPSA) is 178 Å². The molecule has 3 rings (SSSR count). The number of carbonyl (C=O) groups excluding carboxylic acids is 2. The molecule has 0 fully saturated rings. The van der Waals surface area contributed by atoms with Gasteiger partial charge in [0, 0.05) is 28.6 Å². The Balaban J connectivity index is 1.95. The Bertz CT molecular complexity index is 1300. The van der Waals surface area contributed by atoms with Crippen molar-refractivity contribution in [1.29, 1.82) is 5.41 Å². The van der Waals surface area contributed by atoms with Crippen LogP contribution in [-0.4, -0.2) is 51.5 Å². The van der Waals surface area contributed by atoms with Gasteiger partial charge in [-0.05, 0) is 53.9 Å². The van der Waals surface area contributed by atoms with Crippen molar-refractivity contribution < 1.29 is 24.6 Å². The highest BCUT2D eigenvalue weighted by atomic mass is 16.4. The second-order valence-corrected chi connectivity index (χ2v) is 8.42. The van der Waals surface area contributed by atoms with Crippen LogP contribution in [0.3, 0.4) is 0 Å². The fraction of sp³-hybridized carbons (Fsp3) is 0.192. The number of nitrogens with zero attached hydrogens (tertiary/aromatic N) is 1. The number of aromatic nitrogens is 1. The van der Waals surface area contributed by atoms with E-state index in [2.05, 4.69) is 15.6 Å². The van der Waals surface area contributed by atoms with Gasteiger partial charge in [-0.25, -0.2) is 4.79 Å². The maximum absolute atomic E-state index is 13.0. The molecule has 1 aromatic heterocycles. The molecule has 0 radical (unpaired) electrons. The number of pyridine rings is 1. The first kappa shape index (κ1) is 26.0. The SMILES string of the molecule is CC(C)[C@@H](CO)NC(=O)c1ccc(-c2cccnc2C(=O)Nc2ccc(C(=N)N)cc2)c(C(=O)O)c1. The highest BCUT2D eigenvalue weighted by Gasteiger charge is 2.22. The van der Waals surface area contributed by atoms with E-state index in [1.165, 1.54) is 24.4 Å². The Morgan fingerprint density at radius 1 is 1.00 bits per heavy atom. The number of anilines is 1. The van der Waals surface area contributed by atoms with Gasteiger partial charge in [0.2, 0.25) is 0 Å². The molecule has 0 aliphatic carbocycles. The van der Waals surface area contributed by atoms with E-state index in [1.807, 2.05) is 13.8 Å². The maximum atomic E-state index is 13.0. The third-order valence-electron chi connectivity index (χ3n) is 5.60. The van der Waals surface area contributed by atoms with Gasteiger partial charge in [-0.2, -0.15) is 0 Å². The lowest BCUT2D eigenvalue weighted by atomic mass is 9.95. The minimum absolute atomic E-state index is 0.00648. The van der Waals surface area contributed by atoms with E-state index in [1.54, 1.807) is 36.4 Å². The average molecular weight is 490 g/mol. The molecule has 0 aliphatic rings. The molecule has 10 heteroatoms. The van der Waals surface area contributed by atoms with Gasteiger partial charge in [0.15, 0.2) is 0 Å². The Labute approximate surface area is 207 Å². The molecule has 10 nitrogen and oxygen atoms in total. The molecule has 1 atom stereocenters. The minimum atomic E-state index is -1.28. The number of aromatic carboxylic acids is 1. The third-order valence-corrected chi connectivity index (χ3v) is 5.60. The van der Waals surface area contributed by atoms with Crippen LogP contribution in [0.2, 0.25) is 0 Å². The van der Waals surface area contributed by atoms with Crippen LogP contribution in [-0.2, 0) is 0 Å². The number of hydrogen-bond acceptors (Lipinski definition) is 6. The number of amides is 2. The quantitative estimate of drug-likeness (QED) is 0.197. The average Bonchev–Trinajstić information content (AvgIpc) is 2.86. The van der Waals surface area contributed by atoms with E-state index >= 15 is 0 Å². The lowest BCUT2D eigenvalue weighted by molar-refractivity contribution is 0.0697. The number of rotatable bonds is 9. The third kappa shape index (κ3) is 5.91. The van der Waals surface area contributed by atoms with Crippen LogP contribution in [0.15, 0.2) is 60.8 Å². The van der Waals surface area contributed by atoms with Crippen molar-refractivity contribution in [2.45, 2.75) is 19.9 Å². The second-order valence-electron chi connectivity index (χ2n) is 8.42. The molecule has 0 saturated carbocycles. The van der Waals surface area contributed by atoms with E-state index in [0.717, 1.165) is 0 Å². The summed E-state index contributed by atoms with van der Waals surface area (Å²) in [6.45, 7) is 3.44. The summed E-state index contributed by atoms with van der Waals surface area (Å²) in [6, 6.07) is 13.2. The first-order valence-corrected chi connectivity index (χ1v) is 11.1. The predicted octanol–water partition coefficient (Wildman–Crippen LogP) is 2.73. The summed E-state index contributed by atoms with van der Waals surface area (Å²) in [5, 5.41) is 32.2. The van der Waals surface area contributed by atoms with E-state index in [-0.39, 0.29) is 46.3 Å². The normalized spacial score (nSPS) is 11.6. The number of nitrogen functional groups attached to an aromatic ring is 1. The molecule has 36 heavy (non-hydrogen) atoms. The standard InChI is InChI=1S/C26H27N5O5/c1-14(2)21(13-32)31-24(33)16-7-10-18(20(12-16)26(35)36)19-4-3-11-29-22(19)25(34)30-17-8-5-15(6-9-17)23(27)28/h3-12,14,21,32H,13H2,1-2H3,(H3,27,28)(H,30,34)(H,31,33)(H,35,36)/t21-/m1/s1. The number of nitrogens with two attached hydrogens (primary N) is 1. The minimum Gasteiger partial charge on any atom is -0.478 e. The van der Waals surface area contributed by atoms with Crippen molar-refractivity contribution in [1.82, 2.24) is 10.3 Å². The Hall–Kier alpha value is -4.57. The molecule has 0 saturated heterocycles. The number of nitrogens with one attached hydrogen (secondary N) is 3. The zero-order valence-corrected chi connectivity index (χ0v) is 19.8. The summed E-state index contributed by atoms with van der Waals surface area (Å²) < 4.78 is 0. The molecular formula is C26H27N5O5. The molecule has 7 N–H and O–H groups in total. The van der Waals surface area contributed by atoms with E-state index in [9.17, 15) is 24.6 Å². The Morgan fingerprint density at radius 3 is 2.25 bits per heavy atom. The van der Waals surface area contributed by atoms with Crippen molar-refractivity contribution in [2.24, 2.45) is 11.7 Å². The number of benzene rings is 2. The lowest BCUT2D eigenvalue weighted by Crippen LogP contribution is -2.41. The molecule has 1 heterocycles. The maximum Gasteiger partial charge on any atom is 0.336 e. The summed E-state index contributed by atoms with van der Waals surface area (Å²) in [6.07, 6.45) is 1.42. The predicted molar refractivity (Wildman–Crippen MR) is 135 cm³/mol. The largest absolute Gasteiger partial charge is 0.478 e. The van der Waals surface area contributed by atoms with Gasteiger partial charge in [0.1, 0.15) is 11.5 Å². The smallest absolute Gasteiger partial charge is 0.336 e. The van der Waals surface area contributed by atoms with Gasteiger partial charge in [-0.3, -0.25) is 20.0 Å². The van der Waals surface area contributed by atoms with E-state index < -0.39 is 23.8 Å². The van der Waals surface area contributed by atoms with Crippen molar-refractivity contribution >= 4 is 29.3 Å². The summed E-state index contributed by atoms with van der Waals surface area (Å²) >= 11 is 0. The molecule has 0 bridgehead atoms. The monoisotopic (exact) mass is 489 g/mol. The first-order valence-electron chi connectivity index (χ1n) is 11.1. The van der Waals surface area contributed by atoms with Crippen LogP contribution in [0.25, 0.3) is 11.1 Å². The summed E-state index contributed by atoms with van der Waals surface area (Å²) in [7, 11) is 0. The van der Waals surface area contributed by atoms with Crippen LogP contribution in [0.4, 0.5) is 5.69 Å². The molecular weight excluding hydrogens is 462 g/mol. The molecule has 2 aromatic carbocycles. The van der Waals surface area contributed by atoms with Crippen LogP contribution in [0, 0.1) is 11.3 Å². The number of carboxylic acids is 1.